The van der Waals surface area contributed by atoms with Crippen LogP contribution < -0.4 is 5.32 Å². The number of ether oxygens (including phenoxy) is 2. The summed E-state index contributed by atoms with van der Waals surface area (Å²) in [6.45, 7) is 6.20. The number of pyridine rings is 1. The second-order valence-electron chi connectivity index (χ2n) is 4.77. The van der Waals surface area contributed by atoms with Crippen molar-refractivity contribution in [2.75, 3.05) is 13.2 Å². The van der Waals surface area contributed by atoms with Crippen LogP contribution in [0.25, 0.3) is 0 Å². The SMILES string of the molecule is CC(C)(C)OCCOC(=O)NC(=N)c1cc[c]nc1. The van der Waals surface area contributed by atoms with E-state index in [0.717, 1.165) is 0 Å². The van der Waals surface area contributed by atoms with E-state index in [0.29, 0.717) is 12.2 Å². The second kappa shape index (κ2) is 6.84. The number of hydrogen-bond donors (Lipinski definition) is 2. The van der Waals surface area contributed by atoms with Gasteiger partial charge in [-0.3, -0.25) is 15.7 Å². The minimum Gasteiger partial charge on any atom is -0.447 e. The molecule has 1 aromatic rings. The third-order valence-electron chi connectivity index (χ3n) is 1.98. The molecule has 2 N–H and O–H groups in total. The van der Waals surface area contributed by atoms with Crippen molar-refractivity contribution < 1.29 is 14.3 Å². The van der Waals surface area contributed by atoms with E-state index in [1.807, 2.05) is 20.8 Å². The first-order chi connectivity index (χ1) is 8.88. The van der Waals surface area contributed by atoms with Gasteiger partial charge < -0.3 is 9.47 Å². The number of alkyl carbamates (subject to hydrolysis) is 1. The van der Waals surface area contributed by atoms with Crippen molar-refractivity contribution in [2.24, 2.45) is 0 Å². The molecule has 1 aromatic heterocycles. The van der Waals surface area contributed by atoms with Gasteiger partial charge in [-0.25, -0.2) is 4.79 Å². The lowest BCUT2D eigenvalue weighted by Crippen LogP contribution is -2.32. The van der Waals surface area contributed by atoms with Crippen LogP contribution >= 0.6 is 0 Å². The zero-order valence-corrected chi connectivity index (χ0v) is 11.3. The second-order valence-corrected chi connectivity index (χ2v) is 4.77. The van der Waals surface area contributed by atoms with Gasteiger partial charge >= 0.3 is 6.09 Å². The van der Waals surface area contributed by atoms with E-state index in [4.69, 9.17) is 14.9 Å². The van der Waals surface area contributed by atoms with Crippen LogP contribution in [0.3, 0.4) is 0 Å². The van der Waals surface area contributed by atoms with E-state index in [-0.39, 0.29) is 18.0 Å². The molecule has 19 heavy (non-hydrogen) atoms. The molecule has 0 aliphatic heterocycles. The topological polar surface area (TPSA) is 84.3 Å². The third-order valence-corrected chi connectivity index (χ3v) is 1.98. The molecule has 0 aromatic carbocycles. The van der Waals surface area contributed by atoms with E-state index in [1.54, 1.807) is 12.1 Å². The molecular formula is C13H18N3O3. The van der Waals surface area contributed by atoms with Gasteiger partial charge in [0, 0.05) is 11.8 Å². The Hall–Kier alpha value is -1.95. The number of carbonyl (C=O) groups is 1. The summed E-state index contributed by atoms with van der Waals surface area (Å²) >= 11 is 0. The van der Waals surface area contributed by atoms with Gasteiger partial charge in [0.05, 0.1) is 18.4 Å². The van der Waals surface area contributed by atoms with Crippen LogP contribution in [0.15, 0.2) is 18.3 Å². The average molecular weight is 264 g/mol. The Bertz CT molecular complexity index is 427. The highest BCUT2D eigenvalue weighted by molar-refractivity contribution is 6.04. The summed E-state index contributed by atoms with van der Waals surface area (Å²) in [6, 6.07) is 3.19. The van der Waals surface area contributed by atoms with Gasteiger partial charge in [0.2, 0.25) is 0 Å². The lowest BCUT2D eigenvalue weighted by Gasteiger charge is -2.19. The maximum absolute atomic E-state index is 11.4. The minimum absolute atomic E-state index is 0.0664. The van der Waals surface area contributed by atoms with Crippen molar-refractivity contribution >= 4 is 11.9 Å². The number of carbonyl (C=O) groups excluding carboxylic acids is 1. The molecule has 0 saturated carbocycles. The Labute approximate surface area is 112 Å². The van der Waals surface area contributed by atoms with Gasteiger partial charge in [-0.15, -0.1) is 0 Å². The fourth-order valence-corrected chi connectivity index (χ4v) is 1.16. The van der Waals surface area contributed by atoms with Crippen molar-refractivity contribution in [1.29, 1.82) is 5.41 Å². The summed E-state index contributed by atoms with van der Waals surface area (Å²) in [5.74, 6) is -0.0664. The molecule has 1 rings (SSSR count). The van der Waals surface area contributed by atoms with E-state index in [1.165, 1.54) is 6.20 Å². The van der Waals surface area contributed by atoms with Crippen LogP contribution in [0.1, 0.15) is 26.3 Å². The molecule has 0 unspecified atom stereocenters. The first-order valence-electron chi connectivity index (χ1n) is 5.87. The zero-order valence-electron chi connectivity index (χ0n) is 11.3. The standard InChI is InChI=1S/C13H18N3O3/c1-13(2,3)19-8-7-18-12(17)16-11(14)10-5-4-6-15-9-10/h4-5,9H,7-8H2,1-3H3,(H2,14,16,17). The van der Waals surface area contributed by atoms with Gasteiger partial charge in [-0.2, -0.15) is 0 Å². The first-order valence-corrected chi connectivity index (χ1v) is 5.87. The fourth-order valence-electron chi connectivity index (χ4n) is 1.16. The molecule has 0 bridgehead atoms. The van der Waals surface area contributed by atoms with Gasteiger partial charge in [0.25, 0.3) is 0 Å². The molecule has 6 heteroatoms. The van der Waals surface area contributed by atoms with Crippen LogP contribution in [-0.4, -0.2) is 35.7 Å². The molecule has 0 aliphatic rings. The number of amides is 1. The highest BCUT2D eigenvalue weighted by Crippen LogP contribution is 2.05. The lowest BCUT2D eigenvalue weighted by atomic mass is 10.2. The Morgan fingerprint density at radius 2 is 2.21 bits per heavy atom. The van der Waals surface area contributed by atoms with E-state index >= 15 is 0 Å². The molecule has 0 atom stereocenters. The number of aromatic nitrogens is 1. The van der Waals surface area contributed by atoms with Gasteiger partial charge in [-0.1, -0.05) is 0 Å². The van der Waals surface area contributed by atoms with E-state index < -0.39 is 6.09 Å². The third kappa shape index (κ3) is 6.52. The quantitative estimate of drug-likeness (QED) is 0.493. The number of nitrogens with zero attached hydrogens (tertiary/aromatic N) is 1. The van der Waals surface area contributed by atoms with Crippen molar-refractivity contribution in [1.82, 2.24) is 10.3 Å². The highest BCUT2D eigenvalue weighted by atomic mass is 16.6. The molecule has 1 radical (unpaired) electrons. The molecule has 0 saturated heterocycles. The van der Waals surface area contributed by atoms with Gasteiger partial charge in [-0.05, 0) is 32.9 Å². The molecule has 1 amide bonds. The monoisotopic (exact) mass is 264 g/mol. The van der Waals surface area contributed by atoms with Crippen molar-refractivity contribution in [3.05, 3.63) is 30.1 Å². The van der Waals surface area contributed by atoms with Crippen LogP contribution in [-0.2, 0) is 9.47 Å². The summed E-state index contributed by atoms with van der Waals surface area (Å²) in [4.78, 5) is 15.1. The van der Waals surface area contributed by atoms with Crippen LogP contribution in [0.5, 0.6) is 0 Å². The molecule has 6 nitrogen and oxygen atoms in total. The largest absolute Gasteiger partial charge is 0.447 e. The molecule has 0 fully saturated rings. The molecule has 0 spiro atoms. The number of amidine groups is 1. The maximum atomic E-state index is 11.4. The predicted octanol–water partition coefficient (Wildman–Crippen LogP) is 1.75. The number of hydrogen-bond acceptors (Lipinski definition) is 5. The summed E-state index contributed by atoms with van der Waals surface area (Å²) in [5.41, 5.74) is 0.223. The van der Waals surface area contributed by atoms with Crippen molar-refractivity contribution in [3.8, 4) is 0 Å². The first kappa shape index (κ1) is 15.1. The van der Waals surface area contributed by atoms with Crippen molar-refractivity contribution in [2.45, 2.75) is 26.4 Å². The van der Waals surface area contributed by atoms with Gasteiger partial charge in [0.1, 0.15) is 12.4 Å². The van der Waals surface area contributed by atoms with Crippen LogP contribution in [0.2, 0.25) is 0 Å². The van der Waals surface area contributed by atoms with Crippen LogP contribution in [0, 0.1) is 11.6 Å². The van der Waals surface area contributed by atoms with Crippen LogP contribution in [0.4, 0.5) is 4.79 Å². The van der Waals surface area contributed by atoms with E-state index in [2.05, 4.69) is 16.5 Å². The minimum atomic E-state index is -0.685. The smallest absolute Gasteiger partial charge is 0.412 e. The molecule has 103 valence electrons. The summed E-state index contributed by atoms with van der Waals surface area (Å²) in [6.07, 6.45) is 3.34. The number of nitrogens with one attached hydrogen (secondary N) is 2. The zero-order chi connectivity index (χ0) is 14.3. The Balaban J connectivity index is 2.27. The lowest BCUT2D eigenvalue weighted by molar-refractivity contribution is -0.0226. The highest BCUT2D eigenvalue weighted by Gasteiger charge is 2.11. The number of rotatable bonds is 4. The Morgan fingerprint density at radius 1 is 1.47 bits per heavy atom. The Morgan fingerprint density at radius 3 is 2.79 bits per heavy atom. The van der Waals surface area contributed by atoms with E-state index in [9.17, 15) is 4.79 Å². The summed E-state index contributed by atoms with van der Waals surface area (Å²) in [7, 11) is 0. The maximum Gasteiger partial charge on any atom is 0.412 e. The molecular weight excluding hydrogens is 246 g/mol. The normalized spacial score (nSPS) is 10.9. The summed E-state index contributed by atoms with van der Waals surface area (Å²) in [5, 5.41) is 9.95. The molecule has 1 heterocycles. The van der Waals surface area contributed by atoms with Crippen molar-refractivity contribution in [3.63, 3.8) is 0 Å². The average Bonchev–Trinajstić information content (AvgIpc) is 2.34. The summed E-state index contributed by atoms with van der Waals surface area (Å²) < 4.78 is 10.3. The molecule has 0 aliphatic carbocycles. The fraction of sp³-hybridized carbons (Fsp3) is 0.462. The van der Waals surface area contributed by atoms with Gasteiger partial charge in [0.15, 0.2) is 0 Å². The Kier molecular flexibility index (Phi) is 5.44. The predicted molar refractivity (Wildman–Crippen MR) is 70.1 cm³/mol.